The van der Waals surface area contributed by atoms with Gasteiger partial charge < -0.3 is 9.88 Å². The summed E-state index contributed by atoms with van der Waals surface area (Å²) in [7, 11) is 0. The van der Waals surface area contributed by atoms with E-state index in [2.05, 4.69) is 20.5 Å². The molecule has 31 heavy (non-hydrogen) atoms. The van der Waals surface area contributed by atoms with Crippen molar-refractivity contribution < 1.29 is 9.18 Å². The number of carbonyl (C=O) groups is 1. The molecular formula is C21H18ClFN6OS. The summed E-state index contributed by atoms with van der Waals surface area (Å²) in [5, 5.41) is 13.4. The van der Waals surface area contributed by atoms with Gasteiger partial charge in [-0.1, -0.05) is 18.0 Å². The molecule has 7 nitrogen and oxygen atoms in total. The number of carbonyl (C=O) groups excluding carboxylic acids is 1. The Balaban J connectivity index is 1.38. The Labute approximate surface area is 186 Å². The lowest BCUT2D eigenvalue weighted by atomic mass is 10.1. The van der Waals surface area contributed by atoms with Crippen molar-refractivity contribution in [3.63, 3.8) is 0 Å². The van der Waals surface area contributed by atoms with E-state index < -0.39 is 5.82 Å². The van der Waals surface area contributed by atoms with Gasteiger partial charge in [-0.15, -0.1) is 21.5 Å². The van der Waals surface area contributed by atoms with Gasteiger partial charge >= 0.3 is 0 Å². The number of nitrogens with one attached hydrogen (secondary N) is 1. The minimum Gasteiger partial charge on any atom is -0.322 e. The van der Waals surface area contributed by atoms with Crippen molar-refractivity contribution in [3.05, 3.63) is 58.3 Å². The molecule has 3 aromatic heterocycles. The highest BCUT2D eigenvalue weighted by Gasteiger charge is 2.19. The standard InChI is InChI=1S/C21H18ClFN6OS/c22-19-16(28-10-11-31-21(28)25-19)7-8-18(30)24-13-5-6-15(23)14(12-13)20-27-26-17-4-2-1-3-9-29(17)20/h5-8,10-12H,1-4,9H2,(H,24,30)/b8-7+. The number of imidazole rings is 1. The molecule has 0 atom stereocenters. The molecule has 5 rings (SSSR count). The number of anilines is 1. The maximum Gasteiger partial charge on any atom is 0.248 e. The first-order valence-electron chi connectivity index (χ1n) is 9.92. The number of nitrogens with zero attached hydrogens (tertiary/aromatic N) is 5. The molecule has 0 aliphatic carbocycles. The van der Waals surface area contributed by atoms with E-state index in [9.17, 15) is 9.18 Å². The van der Waals surface area contributed by atoms with Crippen LogP contribution < -0.4 is 5.32 Å². The average Bonchev–Trinajstić information content (AvgIpc) is 3.38. The lowest BCUT2D eigenvalue weighted by molar-refractivity contribution is -0.111. The molecule has 4 heterocycles. The zero-order valence-corrected chi connectivity index (χ0v) is 18.0. The summed E-state index contributed by atoms with van der Waals surface area (Å²) in [4.78, 5) is 17.4. The SMILES string of the molecule is O=C(/C=C/c1c(Cl)nc2sccn12)Nc1ccc(F)c(-c2nnc3n2CCCCC3)c1. The van der Waals surface area contributed by atoms with Crippen LogP contribution in [0.2, 0.25) is 5.15 Å². The Morgan fingerprint density at radius 1 is 1.26 bits per heavy atom. The van der Waals surface area contributed by atoms with Gasteiger partial charge in [0.05, 0.1) is 11.3 Å². The molecule has 1 amide bonds. The number of aromatic nitrogens is 5. The van der Waals surface area contributed by atoms with Gasteiger partial charge in [0.2, 0.25) is 5.91 Å². The van der Waals surface area contributed by atoms with Crippen LogP contribution in [-0.4, -0.2) is 30.1 Å². The Morgan fingerprint density at radius 3 is 3.06 bits per heavy atom. The second kappa shape index (κ2) is 8.24. The van der Waals surface area contributed by atoms with Crippen molar-refractivity contribution in [1.82, 2.24) is 24.1 Å². The Kier molecular flexibility index (Phi) is 5.29. The van der Waals surface area contributed by atoms with E-state index in [-0.39, 0.29) is 5.91 Å². The van der Waals surface area contributed by atoms with Crippen LogP contribution in [0.5, 0.6) is 0 Å². The minimum atomic E-state index is -0.404. The lowest BCUT2D eigenvalue weighted by Gasteiger charge is -2.10. The molecule has 0 saturated carbocycles. The number of aryl methyl sites for hydroxylation is 1. The molecule has 0 radical (unpaired) electrons. The highest BCUT2D eigenvalue weighted by Crippen LogP contribution is 2.28. The molecule has 158 valence electrons. The number of halogens is 2. The molecule has 1 aliphatic heterocycles. The number of hydrogen-bond donors (Lipinski definition) is 1. The topological polar surface area (TPSA) is 77.1 Å². The quantitative estimate of drug-likeness (QED) is 0.446. The number of hydrogen-bond acceptors (Lipinski definition) is 5. The Morgan fingerprint density at radius 2 is 2.16 bits per heavy atom. The molecule has 1 N–H and O–H groups in total. The Hall–Kier alpha value is -3.04. The van der Waals surface area contributed by atoms with E-state index >= 15 is 0 Å². The third-order valence-corrected chi connectivity index (χ3v) is 6.27. The molecule has 10 heteroatoms. The van der Waals surface area contributed by atoms with Gasteiger partial charge in [0.25, 0.3) is 0 Å². The largest absolute Gasteiger partial charge is 0.322 e. The highest BCUT2D eigenvalue weighted by molar-refractivity contribution is 7.15. The molecule has 0 unspecified atom stereocenters. The average molecular weight is 457 g/mol. The smallest absolute Gasteiger partial charge is 0.248 e. The second-order valence-electron chi connectivity index (χ2n) is 7.26. The van der Waals surface area contributed by atoms with E-state index in [0.29, 0.717) is 27.9 Å². The van der Waals surface area contributed by atoms with Gasteiger partial charge in [-0.2, -0.15) is 0 Å². The summed E-state index contributed by atoms with van der Waals surface area (Å²) in [5.74, 6) is 0.603. The minimum absolute atomic E-state index is 0.321. The predicted molar refractivity (Wildman–Crippen MR) is 119 cm³/mol. The van der Waals surface area contributed by atoms with Crippen LogP contribution in [0.3, 0.4) is 0 Å². The fourth-order valence-corrected chi connectivity index (χ4v) is 4.73. The molecule has 0 saturated heterocycles. The molecular weight excluding hydrogens is 439 g/mol. The monoisotopic (exact) mass is 456 g/mol. The fourth-order valence-electron chi connectivity index (χ4n) is 3.72. The summed E-state index contributed by atoms with van der Waals surface area (Å²) in [6.45, 7) is 0.763. The first-order valence-corrected chi connectivity index (χ1v) is 11.2. The van der Waals surface area contributed by atoms with E-state index in [4.69, 9.17) is 11.6 Å². The maximum atomic E-state index is 14.6. The summed E-state index contributed by atoms with van der Waals surface area (Å²) >= 11 is 7.61. The number of amides is 1. The predicted octanol–water partition coefficient (Wildman–Crippen LogP) is 4.83. The van der Waals surface area contributed by atoms with Gasteiger partial charge in [0.1, 0.15) is 11.6 Å². The van der Waals surface area contributed by atoms with Crippen LogP contribution in [0, 0.1) is 5.82 Å². The van der Waals surface area contributed by atoms with Crippen LogP contribution in [-0.2, 0) is 17.8 Å². The van der Waals surface area contributed by atoms with Crippen LogP contribution >= 0.6 is 22.9 Å². The van der Waals surface area contributed by atoms with E-state index in [1.165, 1.54) is 29.5 Å². The van der Waals surface area contributed by atoms with Gasteiger partial charge in [-0.25, -0.2) is 9.37 Å². The van der Waals surface area contributed by atoms with Crippen LogP contribution in [0.25, 0.3) is 22.4 Å². The van der Waals surface area contributed by atoms with Crippen LogP contribution in [0.4, 0.5) is 10.1 Å². The number of benzene rings is 1. The van der Waals surface area contributed by atoms with Gasteiger partial charge in [-0.05, 0) is 37.1 Å². The molecule has 4 aromatic rings. The number of rotatable bonds is 4. The normalized spacial score (nSPS) is 14.1. The number of thiazole rings is 1. The summed E-state index contributed by atoms with van der Waals surface area (Å²) in [6, 6.07) is 4.44. The second-order valence-corrected chi connectivity index (χ2v) is 8.49. The van der Waals surface area contributed by atoms with Crippen molar-refractivity contribution >= 4 is 45.6 Å². The molecule has 0 bridgehead atoms. The van der Waals surface area contributed by atoms with Crippen LogP contribution in [0.15, 0.2) is 35.9 Å². The van der Waals surface area contributed by atoms with Crippen molar-refractivity contribution in [3.8, 4) is 11.4 Å². The molecule has 0 spiro atoms. The summed E-state index contributed by atoms with van der Waals surface area (Å²) < 4.78 is 18.4. The third-order valence-electron chi connectivity index (χ3n) is 5.23. The summed E-state index contributed by atoms with van der Waals surface area (Å²) in [6.07, 6.45) is 8.84. The highest BCUT2D eigenvalue weighted by atomic mass is 35.5. The van der Waals surface area contributed by atoms with Gasteiger partial charge in [-0.3, -0.25) is 9.20 Å². The van der Waals surface area contributed by atoms with Crippen molar-refractivity contribution in [2.45, 2.75) is 32.2 Å². The van der Waals surface area contributed by atoms with E-state index in [1.807, 2.05) is 20.5 Å². The van der Waals surface area contributed by atoms with E-state index in [0.717, 1.165) is 43.0 Å². The van der Waals surface area contributed by atoms with E-state index in [1.54, 1.807) is 12.1 Å². The van der Waals surface area contributed by atoms with Gasteiger partial charge in [0.15, 0.2) is 15.9 Å². The Bertz CT molecular complexity index is 1310. The molecule has 1 aliphatic rings. The lowest BCUT2D eigenvalue weighted by Crippen LogP contribution is -2.09. The van der Waals surface area contributed by atoms with Crippen LogP contribution in [0.1, 0.15) is 30.8 Å². The maximum absolute atomic E-state index is 14.6. The zero-order valence-electron chi connectivity index (χ0n) is 16.4. The molecule has 1 aromatic carbocycles. The van der Waals surface area contributed by atoms with Crippen molar-refractivity contribution in [2.24, 2.45) is 0 Å². The number of fused-ring (bicyclic) bond motifs is 2. The zero-order chi connectivity index (χ0) is 21.4. The van der Waals surface area contributed by atoms with Crippen molar-refractivity contribution in [1.29, 1.82) is 0 Å². The van der Waals surface area contributed by atoms with Crippen molar-refractivity contribution in [2.75, 3.05) is 5.32 Å². The first-order chi connectivity index (χ1) is 15.1. The fraction of sp³-hybridized carbons (Fsp3) is 0.238. The third kappa shape index (κ3) is 3.86. The first kappa shape index (κ1) is 19.9. The molecule has 0 fully saturated rings. The van der Waals surface area contributed by atoms with Gasteiger partial charge in [0, 0.05) is 36.3 Å². The summed E-state index contributed by atoms with van der Waals surface area (Å²) in [5.41, 5.74) is 1.41.